The largest absolute Gasteiger partial charge is 0.393 e. The van der Waals surface area contributed by atoms with Gasteiger partial charge in [-0.25, -0.2) is 0 Å². The molecule has 4 aliphatic rings. The summed E-state index contributed by atoms with van der Waals surface area (Å²) in [4.78, 5) is 14.1. The Hall–Kier alpha value is -1.06. The van der Waals surface area contributed by atoms with Gasteiger partial charge in [-0.3, -0.25) is 4.79 Å². The second-order valence-corrected chi connectivity index (χ2v) is 11.4. The Bertz CT molecular complexity index is 802. The Morgan fingerprint density at radius 2 is 1.82 bits per heavy atom. The van der Waals surface area contributed by atoms with Crippen molar-refractivity contribution in [3.8, 4) is 0 Å². The van der Waals surface area contributed by atoms with E-state index in [2.05, 4.69) is 38.1 Å². The van der Waals surface area contributed by atoms with Gasteiger partial charge in [0.15, 0.2) is 5.78 Å². The molecule has 0 heterocycles. The fraction of sp³-hybridized carbons (Fsp3) is 0.640. The molecule has 7 atom stereocenters. The molecule has 0 spiro atoms. The summed E-state index contributed by atoms with van der Waals surface area (Å²) in [6.45, 7) is 4.80. The van der Waals surface area contributed by atoms with E-state index in [4.69, 9.17) is 0 Å². The zero-order valence-corrected chi connectivity index (χ0v) is 17.9. The fourth-order valence-corrected chi connectivity index (χ4v) is 8.59. The van der Waals surface area contributed by atoms with Gasteiger partial charge in [0.2, 0.25) is 0 Å². The lowest BCUT2D eigenvalue weighted by atomic mass is 9.47. The van der Waals surface area contributed by atoms with Crippen LogP contribution in [0.2, 0.25) is 0 Å². The third-order valence-electron chi connectivity index (χ3n) is 8.95. The Labute approximate surface area is 173 Å². The average molecular weight is 397 g/mol. The van der Waals surface area contributed by atoms with E-state index < -0.39 is 0 Å². The molecule has 0 aliphatic heterocycles. The summed E-state index contributed by atoms with van der Waals surface area (Å²) in [6.07, 6.45) is 9.70. The number of allylic oxidation sites excluding steroid dienone is 1. The Kier molecular flexibility index (Phi) is 4.56. The van der Waals surface area contributed by atoms with Gasteiger partial charge in [0, 0.05) is 4.90 Å². The number of benzene rings is 1. The highest BCUT2D eigenvalue weighted by atomic mass is 32.2. The number of aliphatic hydroxyl groups is 1. The van der Waals surface area contributed by atoms with Crippen LogP contribution in [0.4, 0.5) is 0 Å². The van der Waals surface area contributed by atoms with Crippen LogP contribution in [0.15, 0.2) is 46.9 Å². The number of hydrogen-bond acceptors (Lipinski definition) is 3. The smallest absolute Gasteiger partial charge is 0.168 e. The molecule has 0 amide bonds. The third-order valence-corrected chi connectivity index (χ3v) is 10.2. The molecule has 28 heavy (non-hydrogen) atoms. The highest BCUT2D eigenvalue weighted by Crippen LogP contribution is 2.65. The van der Waals surface area contributed by atoms with Gasteiger partial charge in [-0.15, -0.1) is 11.8 Å². The van der Waals surface area contributed by atoms with Crippen molar-refractivity contribution in [3.63, 3.8) is 0 Å². The maximum atomic E-state index is 12.9. The summed E-state index contributed by atoms with van der Waals surface area (Å²) in [6, 6.07) is 10.4. The lowest BCUT2D eigenvalue weighted by molar-refractivity contribution is -0.117. The molecule has 1 aromatic carbocycles. The Morgan fingerprint density at radius 3 is 2.61 bits per heavy atom. The predicted octanol–water partition coefficient (Wildman–Crippen LogP) is 5.65. The molecule has 3 heteroatoms. The van der Waals surface area contributed by atoms with Crippen molar-refractivity contribution in [1.82, 2.24) is 0 Å². The molecule has 2 nitrogen and oxygen atoms in total. The molecule has 1 N–H and O–H groups in total. The first-order chi connectivity index (χ1) is 13.4. The maximum absolute atomic E-state index is 12.9. The normalized spacial score (nSPS) is 45.0. The first kappa shape index (κ1) is 18.9. The number of rotatable bonds is 2. The lowest BCUT2D eigenvalue weighted by Crippen LogP contribution is -2.52. The molecule has 1 unspecified atom stereocenters. The number of hydrogen-bond donors (Lipinski definition) is 1. The topological polar surface area (TPSA) is 37.3 Å². The van der Waals surface area contributed by atoms with Crippen LogP contribution in [0.25, 0.3) is 0 Å². The van der Waals surface area contributed by atoms with Crippen molar-refractivity contribution in [1.29, 1.82) is 0 Å². The summed E-state index contributed by atoms with van der Waals surface area (Å²) in [5, 5.41) is 10.7. The van der Waals surface area contributed by atoms with Crippen molar-refractivity contribution >= 4 is 17.5 Å². The standard InChI is InChI=1S/C25H32O2S/c1-24-13-12-20-18(19(24)10-11-23(24)27)9-8-16-14-21(26)22(15-25(16,20)2)28-17-6-4-3-5-7-17/h3-7,14,18-20,22-23,27H,8-13,15H2,1-2H3/t18-,19-,20-,22?,23-,24-,25-/m0/s1. The van der Waals surface area contributed by atoms with E-state index >= 15 is 0 Å². The van der Waals surface area contributed by atoms with Crippen molar-refractivity contribution in [2.45, 2.75) is 75.0 Å². The maximum Gasteiger partial charge on any atom is 0.168 e. The van der Waals surface area contributed by atoms with Crippen LogP contribution in [0.5, 0.6) is 0 Å². The molecule has 0 aromatic heterocycles. The molecule has 1 aromatic rings. The molecule has 4 aliphatic carbocycles. The molecule has 0 bridgehead atoms. The van der Waals surface area contributed by atoms with Gasteiger partial charge >= 0.3 is 0 Å². The number of ketones is 1. The minimum Gasteiger partial charge on any atom is -0.393 e. The lowest BCUT2D eigenvalue weighted by Gasteiger charge is -2.58. The second-order valence-electron chi connectivity index (χ2n) is 10.2. The minimum absolute atomic E-state index is 0.0392. The molecule has 150 valence electrons. The quantitative estimate of drug-likeness (QED) is 0.702. The first-order valence-electron chi connectivity index (χ1n) is 11.1. The van der Waals surface area contributed by atoms with Gasteiger partial charge in [-0.2, -0.15) is 0 Å². The van der Waals surface area contributed by atoms with E-state index in [1.54, 1.807) is 11.8 Å². The molecule has 3 saturated carbocycles. The highest BCUT2D eigenvalue weighted by Gasteiger charge is 2.59. The van der Waals surface area contributed by atoms with Gasteiger partial charge in [-0.1, -0.05) is 37.6 Å². The molecule has 5 rings (SSSR count). The number of aliphatic hydroxyl groups excluding tert-OH is 1. The zero-order valence-electron chi connectivity index (χ0n) is 17.1. The van der Waals surface area contributed by atoms with Crippen LogP contribution in [0.3, 0.4) is 0 Å². The van der Waals surface area contributed by atoms with Crippen molar-refractivity contribution in [2.24, 2.45) is 28.6 Å². The molecule has 3 fully saturated rings. The first-order valence-corrected chi connectivity index (χ1v) is 11.9. The average Bonchev–Trinajstić information content (AvgIpc) is 2.99. The van der Waals surface area contributed by atoms with E-state index in [-0.39, 0.29) is 22.2 Å². The highest BCUT2D eigenvalue weighted by molar-refractivity contribution is 8.00. The van der Waals surface area contributed by atoms with E-state index in [0.717, 1.165) is 25.7 Å². The van der Waals surface area contributed by atoms with Crippen LogP contribution in [0, 0.1) is 28.6 Å². The van der Waals surface area contributed by atoms with Crippen molar-refractivity contribution < 1.29 is 9.90 Å². The number of carbonyl (C=O) groups excluding carboxylic acids is 1. The van der Waals surface area contributed by atoms with Crippen LogP contribution in [-0.2, 0) is 4.79 Å². The fourth-order valence-electron chi connectivity index (χ4n) is 7.33. The number of fused-ring (bicyclic) bond motifs is 5. The zero-order chi connectivity index (χ0) is 19.5. The summed E-state index contributed by atoms with van der Waals surface area (Å²) in [7, 11) is 0. The summed E-state index contributed by atoms with van der Waals surface area (Å²) < 4.78 is 0. The van der Waals surface area contributed by atoms with Crippen LogP contribution in [-0.4, -0.2) is 22.2 Å². The molecule has 0 saturated heterocycles. The minimum atomic E-state index is -0.113. The van der Waals surface area contributed by atoms with Crippen LogP contribution >= 0.6 is 11.8 Å². The number of carbonyl (C=O) groups is 1. The molecular formula is C25H32O2S. The van der Waals surface area contributed by atoms with Crippen molar-refractivity contribution in [2.75, 3.05) is 0 Å². The summed E-state index contributed by atoms with van der Waals surface area (Å²) in [5.74, 6) is 2.37. The monoisotopic (exact) mass is 396 g/mol. The Balaban J connectivity index is 1.43. The molecular weight excluding hydrogens is 364 g/mol. The van der Waals surface area contributed by atoms with Crippen LogP contribution < -0.4 is 0 Å². The predicted molar refractivity (Wildman–Crippen MR) is 114 cm³/mol. The van der Waals surface area contributed by atoms with Gasteiger partial charge < -0.3 is 5.11 Å². The van der Waals surface area contributed by atoms with Gasteiger partial charge in [-0.05, 0) is 91.7 Å². The number of thioether (sulfide) groups is 1. The second kappa shape index (κ2) is 6.74. The van der Waals surface area contributed by atoms with E-state index in [9.17, 15) is 9.90 Å². The van der Waals surface area contributed by atoms with Crippen molar-refractivity contribution in [3.05, 3.63) is 42.0 Å². The van der Waals surface area contributed by atoms with E-state index in [0.29, 0.717) is 23.5 Å². The van der Waals surface area contributed by atoms with E-state index in [1.165, 1.54) is 29.7 Å². The van der Waals surface area contributed by atoms with E-state index in [1.807, 2.05) is 12.1 Å². The Morgan fingerprint density at radius 1 is 1.04 bits per heavy atom. The molecule has 0 radical (unpaired) electrons. The van der Waals surface area contributed by atoms with Crippen LogP contribution in [0.1, 0.15) is 58.8 Å². The third kappa shape index (κ3) is 2.76. The van der Waals surface area contributed by atoms with Gasteiger partial charge in [0.1, 0.15) is 0 Å². The van der Waals surface area contributed by atoms with Gasteiger partial charge in [0.25, 0.3) is 0 Å². The summed E-state index contributed by atoms with van der Waals surface area (Å²) in [5.41, 5.74) is 1.70. The summed E-state index contributed by atoms with van der Waals surface area (Å²) >= 11 is 1.75. The SMILES string of the molecule is C[C@]12CC[C@H]3[C@@H](CCC4=CC(=O)C(Sc5ccccc5)C[C@@]43C)[C@@H]1CC[C@@H]2O. The van der Waals surface area contributed by atoms with Gasteiger partial charge in [0.05, 0.1) is 11.4 Å².